The third-order valence-corrected chi connectivity index (χ3v) is 6.57. The molecule has 2 heterocycles. The summed E-state index contributed by atoms with van der Waals surface area (Å²) in [5.74, 6) is 0. The van der Waals surface area contributed by atoms with E-state index in [1.54, 1.807) is 0 Å². The Hall–Kier alpha value is -2.39. The standard InChI is InChI=1S/C28H37N3/c1-3-26-15-14-25-13-12-24(22-28(25)29-26)10-5-4-6-16-30-17-8-18-31(20-19-30)27-11-7-9-23(2)21-27/h7,9,11-15,21-22H,3-6,8,10,16-20H2,1-2H3. The number of unbranched alkanes of at least 4 members (excludes halogenated alkanes) is 2. The lowest BCUT2D eigenvalue weighted by Gasteiger charge is -2.24. The second kappa shape index (κ2) is 10.8. The van der Waals surface area contributed by atoms with Crippen LogP contribution in [0.4, 0.5) is 5.69 Å². The summed E-state index contributed by atoms with van der Waals surface area (Å²) in [5, 5.41) is 1.25. The zero-order valence-electron chi connectivity index (χ0n) is 19.3. The van der Waals surface area contributed by atoms with Crippen LogP contribution in [0.1, 0.15) is 49.4 Å². The van der Waals surface area contributed by atoms with Crippen LogP contribution in [0.25, 0.3) is 10.9 Å². The van der Waals surface area contributed by atoms with Crippen molar-refractivity contribution >= 4 is 16.6 Å². The van der Waals surface area contributed by atoms with E-state index in [1.807, 2.05) is 0 Å². The van der Waals surface area contributed by atoms with Gasteiger partial charge in [0.25, 0.3) is 0 Å². The van der Waals surface area contributed by atoms with Crippen molar-refractivity contribution in [3.63, 3.8) is 0 Å². The Morgan fingerprint density at radius 2 is 1.77 bits per heavy atom. The molecular weight excluding hydrogens is 378 g/mol. The highest BCUT2D eigenvalue weighted by atomic mass is 15.2. The molecule has 3 heteroatoms. The lowest BCUT2D eigenvalue weighted by Crippen LogP contribution is -2.31. The van der Waals surface area contributed by atoms with Gasteiger partial charge in [0.1, 0.15) is 0 Å². The number of rotatable bonds is 8. The second-order valence-electron chi connectivity index (χ2n) is 9.02. The molecule has 0 bridgehead atoms. The van der Waals surface area contributed by atoms with Gasteiger partial charge in [-0.1, -0.05) is 43.7 Å². The number of benzene rings is 2. The van der Waals surface area contributed by atoms with Gasteiger partial charge in [-0.15, -0.1) is 0 Å². The summed E-state index contributed by atoms with van der Waals surface area (Å²) in [5.41, 5.74) is 6.50. The van der Waals surface area contributed by atoms with Crippen LogP contribution in [0, 0.1) is 6.92 Å². The first-order chi connectivity index (χ1) is 15.2. The minimum Gasteiger partial charge on any atom is -0.370 e. The summed E-state index contributed by atoms with van der Waals surface area (Å²) >= 11 is 0. The minimum absolute atomic E-state index is 0.999. The van der Waals surface area contributed by atoms with Crippen molar-refractivity contribution in [3.8, 4) is 0 Å². The molecule has 0 aliphatic carbocycles. The second-order valence-corrected chi connectivity index (χ2v) is 9.02. The highest BCUT2D eigenvalue weighted by molar-refractivity contribution is 5.79. The van der Waals surface area contributed by atoms with E-state index in [2.05, 4.69) is 78.2 Å². The van der Waals surface area contributed by atoms with Crippen LogP contribution in [0.15, 0.2) is 54.6 Å². The summed E-state index contributed by atoms with van der Waals surface area (Å²) in [6.45, 7) is 10.3. The average molecular weight is 416 g/mol. The number of nitrogens with zero attached hydrogens (tertiary/aromatic N) is 3. The number of aryl methyl sites for hydroxylation is 3. The molecule has 0 radical (unpaired) electrons. The van der Waals surface area contributed by atoms with E-state index in [4.69, 9.17) is 4.98 Å². The van der Waals surface area contributed by atoms with E-state index in [0.29, 0.717) is 0 Å². The van der Waals surface area contributed by atoms with Crippen LogP contribution in [0.5, 0.6) is 0 Å². The fourth-order valence-electron chi connectivity index (χ4n) is 4.68. The highest BCUT2D eigenvalue weighted by Gasteiger charge is 2.15. The molecule has 0 atom stereocenters. The molecule has 1 saturated heterocycles. The van der Waals surface area contributed by atoms with Gasteiger partial charge in [-0.2, -0.15) is 0 Å². The van der Waals surface area contributed by atoms with Gasteiger partial charge in [0.15, 0.2) is 0 Å². The van der Waals surface area contributed by atoms with Crippen molar-refractivity contribution in [3.05, 3.63) is 71.4 Å². The third-order valence-electron chi connectivity index (χ3n) is 6.57. The Labute approximate surface area is 188 Å². The lowest BCUT2D eigenvalue weighted by atomic mass is 10.0. The van der Waals surface area contributed by atoms with E-state index in [0.717, 1.165) is 24.9 Å². The Kier molecular flexibility index (Phi) is 7.58. The lowest BCUT2D eigenvalue weighted by molar-refractivity contribution is 0.286. The number of anilines is 1. The molecule has 0 saturated carbocycles. The summed E-state index contributed by atoms with van der Waals surface area (Å²) in [6, 6.07) is 20.1. The Morgan fingerprint density at radius 1 is 0.871 bits per heavy atom. The molecule has 2 aromatic carbocycles. The van der Waals surface area contributed by atoms with Gasteiger partial charge in [0, 0.05) is 36.4 Å². The first-order valence-corrected chi connectivity index (χ1v) is 12.1. The summed E-state index contributed by atoms with van der Waals surface area (Å²) in [7, 11) is 0. The Morgan fingerprint density at radius 3 is 2.65 bits per heavy atom. The predicted molar refractivity (Wildman–Crippen MR) is 133 cm³/mol. The molecule has 3 nitrogen and oxygen atoms in total. The van der Waals surface area contributed by atoms with Gasteiger partial charge in [0.2, 0.25) is 0 Å². The van der Waals surface area contributed by atoms with Crippen molar-refractivity contribution in [1.29, 1.82) is 0 Å². The van der Waals surface area contributed by atoms with Crippen LogP contribution in [0.3, 0.4) is 0 Å². The van der Waals surface area contributed by atoms with Crippen LogP contribution < -0.4 is 4.90 Å². The molecular formula is C28H37N3. The first kappa shape index (κ1) is 21.8. The molecule has 0 spiro atoms. The van der Waals surface area contributed by atoms with E-state index in [1.165, 1.54) is 79.8 Å². The van der Waals surface area contributed by atoms with Gasteiger partial charge in [0.05, 0.1) is 5.52 Å². The fourth-order valence-corrected chi connectivity index (χ4v) is 4.68. The van der Waals surface area contributed by atoms with E-state index < -0.39 is 0 Å². The smallest absolute Gasteiger partial charge is 0.0708 e. The van der Waals surface area contributed by atoms with E-state index >= 15 is 0 Å². The third kappa shape index (κ3) is 6.07. The van der Waals surface area contributed by atoms with Crippen LogP contribution in [-0.4, -0.2) is 42.6 Å². The molecule has 31 heavy (non-hydrogen) atoms. The fraction of sp³-hybridized carbons (Fsp3) is 0.464. The van der Waals surface area contributed by atoms with Crippen LogP contribution in [-0.2, 0) is 12.8 Å². The first-order valence-electron chi connectivity index (χ1n) is 12.1. The maximum absolute atomic E-state index is 4.79. The topological polar surface area (TPSA) is 19.4 Å². The number of hydrogen-bond donors (Lipinski definition) is 0. The zero-order valence-corrected chi connectivity index (χ0v) is 19.3. The number of hydrogen-bond acceptors (Lipinski definition) is 3. The van der Waals surface area contributed by atoms with Gasteiger partial charge >= 0.3 is 0 Å². The average Bonchev–Trinajstić information content (AvgIpc) is 3.04. The molecule has 164 valence electrons. The molecule has 1 aromatic heterocycles. The van der Waals surface area contributed by atoms with Crippen LogP contribution in [0.2, 0.25) is 0 Å². The van der Waals surface area contributed by atoms with E-state index in [-0.39, 0.29) is 0 Å². The summed E-state index contributed by atoms with van der Waals surface area (Å²) in [6.07, 6.45) is 7.29. The molecule has 1 aliphatic heterocycles. The van der Waals surface area contributed by atoms with Crippen molar-refractivity contribution < 1.29 is 0 Å². The highest BCUT2D eigenvalue weighted by Crippen LogP contribution is 2.19. The number of pyridine rings is 1. The summed E-state index contributed by atoms with van der Waals surface area (Å²) in [4.78, 5) is 10.0. The molecule has 0 N–H and O–H groups in total. The summed E-state index contributed by atoms with van der Waals surface area (Å²) < 4.78 is 0. The zero-order chi connectivity index (χ0) is 21.5. The van der Waals surface area contributed by atoms with Crippen molar-refractivity contribution in [1.82, 2.24) is 9.88 Å². The quantitative estimate of drug-likeness (QED) is 0.419. The SMILES string of the molecule is CCc1ccc2ccc(CCCCCN3CCCN(c4cccc(C)c4)CC3)cc2n1. The maximum atomic E-state index is 4.79. The normalized spacial score (nSPS) is 15.4. The minimum atomic E-state index is 0.999. The maximum Gasteiger partial charge on any atom is 0.0708 e. The molecule has 4 rings (SSSR count). The van der Waals surface area contributed by atoms with Gasteiger partial charge in [-0.3, -0.25) is 4.98 Å². The van der Waals surface area contributed by atoms with Crippen molar-refractivity contribution in [2.75, 3.05) is 37.6 Å². The molecule has 1 fully saturated rings. The number of fused-ring (bicyclic) bond motifs is 1. The van der Waals surface area contributed by atoms with Gasteiger partial charge in [-0.25, -0.2) is 0 Å². The molecule has 0 unspecified atom stereocenters. The van der Waals surface area contributed by atoms with Crippen LogP contribution >= 0.6 is 0 Å². The van der Waals surface area contributed by atoms with Crippen molar-refractivity contribution in [2.45, 2.75) is 52.4 Å². The monoisotopic (exact) mass is 415 g/mol. The molecule has 3 aromatic rings. The van der Waals surface area contributed by atoms with Gasteiger partial charge in [-0.05, 0) is 87.5 Å². The van der Waals surface area contributed by atoms with Gasteiger partial charge < -0.3 is 9.80 Å². The predicted octanol–water partition coefficient (Wildman–Crippen LogP) is 6.03. The molecule has 0 amide bonds. The van der Waals surface area contributed by atoms with Crippen molar-refractivity contribution in [2.24, 2.45) is 0 Å². The Bertz CT molecular complexity index is 981. The van der Waals surface area contributed by atoms with E-state index in [9.17, 15) is 0 Å². The number of aromatic nitrogens is 1. The molecule has 1 aliphatic rings. The Balaban J connectivity index is 1.19. The largest absolute Gasteiger partial charge is 0.370 e.